The Morgan fingerprint density at radius 3 is 2.28 bits per heavy atom. The summed E-state index contributed by atoms with van der Waals surface area (Å²) in [4.78, 5) is 15.7. The molecule has 0 N–H and O–H groups in total. The first-order valence-corrected chi connectivity index (χ1v) is 13.6. The zero-order valence-electron chi connectivity index (χ0n) is 21.9. The third-order valence-electron chi connectivity index (χ3n) is 7.47. The van der Waals surface area contributed by atoms with E-state index in [0.717, 1.165) is 48.9 Å². The second-order valence-corrected chi connectivity index (χ2v) is 10.1. The summed E-state index contributed by atoms with van der Waals surface area (Å²) < 4.78 is 15.3. The molecule has 39 heavy (non-hydrogen) atoms. The third-order valence-corrected chi connectivity index (χ3v) is 7.47. The van der Waals surface area contributed by atoms with Gasteiger partial charge in [-0.1, -0.05) is 60.7 Å². The molecule has 2 aliphatic rings. The van der Waals surface area contributed by atoms with Crippen molar-refractivity contribution in [1.82, 2.24) is 14.0 Å². The number of rotatable bonds is 9. The second kappa shape index (κ2) is 11.7. The van der Waals surface area contributed by atoms with E-state index in [9.17, 15) is 4.79 Å². The van der Waals surface area contributed by atoms with Crippen LogP contribution in [0.4, 0.5) is 0 Å². The van der Waals surface area contributed by atoms with E-state index >= 15 is 0 Å². The van der Waals surface area contributed by atoms with Gasteiger partial charge in [0.15, 0.2) is 0 Å². The van der Waals surface area contributed by atoms with Crippen molar-refractivity contribution in [3.8, 4) is 17.2 Å². The van der Waals surface area contributed by atoms with Crippen LogP contribution < -0.4 is 10.4 Å². The van der Waals surface area contributed by atoms with Crippen LogP contribution >= 0.6 is 0 Å². The standard InChI is InChI=1S/C33H33N3O3/c37-33-35(21-22-36(33)29-13-17-32(18-14-29)39-31-9-5-2-6-10-31)28-11-15-30(16-12-28)38-24-23-34-20-19-27(25-34)26-7-3-1-4-8-26/h1-15,17-18,21-22,27,30H,16,19-20,23-25H2. The van der Waals surface area contributed by atoms with Gasteiger partial charge in [0.25, 0.3) is 0 Å². The maximum atomic E-state index is 13.2. The molecular formula is C33H33N3O3. The molecule has 1 aliphatic carbocycles. The summed E-state index contributed by atoms with van der Waals surface area (Å²) in [5, 5.41) is 0. The number of hydrogen-bond acceptors (Lipinski definition) is 4. The van der Waals surface area contributed by atoms with Gasteiger partial charge in [-0.25, -0.2) is 4.79 Å². The number of hydrogen-bond donors (Lipinski definition) is 0. The van der Waals surface area contributed by atoms with Gasteiger partial charge in [-0.3, -0.25) is 9.13 Å². The lowest BCUT2D eigenvalue weighted by Crippen LogP contribution is -2.27. The van der Waals surface area contributed by atoms with Gasteiger partial charge in [-0.2, -0.15) is 0 Å². The molecule has 0 saturated carbocycles. The Bertz CT molecular complexity index is 1490. The van der Waals surface area contributed by atoms with Gasteiger partial charge in [-0.05, 0) is 73.3 Å². The van der Waals surface area contributed by atoms with Gasteiger partial charge in [0.05, 0.1) is 18.4 Å². The first kappa shape index (κ1) is 25.2. The first-order chi connectivity index (χ1) is 19.2. The van der Waals surface area contributed by atoms with Gasteiger partial charge in [0, 0.05) is 31.2 Å². The molecule has 1 fully saturated rings. The minimum Gasteiger partial charge on any atom is -0.457 e. The average Bonchev–Trinajstić information content (AvgIpc) is 3.62. The Balaban J connectivity index is 1.00. The Morgan fingerprint density at radius 2 is 1.54 bits per heavy atom. The summed E-state index contributed by atoms with van der Waals surface area (Å²) in [6.07, 6.45) is 11.7. The molecule has 2 atom stereocenters. The van der Waals surface area contributed by atoms with E-state index in [1.165, 1.54) is 12.0 Å². The molecular weight excluding hydrogens is 486 g/mol. The van der Waals surface area contributed by atoms with Crippen LogP contribution in [0.15, 0.2) is 120 Å². The zero-order chi connectivity index (χ0) is 26.4. The lowest BCUT2D eigenvalue weighted by molar-refractivity contribution is 0.0701. The predicted octanol–water partition coefficient (Wildman–Crippen LogP) is 6.11. The highest BCUT2D eigenvalue weighted by Gasteiger charge is 2.23. The molecule has 1 aliphatic heterocycles. The van der Waals surface area contributed by atoms with E-state index < -0.39 is 0 Å². The number of ether oxygens (including phenoxy) is 2. The highest BCUT2D eigenvalue weighted by atomic mass is 16.5. The Hall–Kier alpha value is -4.13. The van der Waals surface area contributed by atoms with Gasteiger partial charge in [0.1, 0.15) is 11.5 Å². The van der Waals surface area contributed by atoms with E-state index in [2.05, 4.69) is 47.4 Å². The Morgan fingerprint density at radius 1 is 0.821 bits per heavy atom. The van der Waals surface area contributed by atoms with Crippen LogP contribution in [0.3, 0.4) is 0 Å². The molecule has 3 aromatic carbocycles. The SMILES string of the molecule is O=c1n(C2=CCC(OCCN3CCC(c4ccccc4)C3)C=C2)ccn1-c1ccc(Oc2ccccc2)cc1. The maximum Gasteiger partial charge on any atom is 0.337 e. The normalized spacial score (nSPS) is 19.2. The molecule has 1 saturated heterocycles. The summed E-state index contributed by atoms with van der Waals surface area (Å²) in [5.74, 6) is 2.12. The molecule has 0 radical (unpaired) electrons. The van der Waals surface area contributed by atoms with E-state index in [4.69, 9.17) is 9.47 Å². The molecule has 6 heteroatoms. The van der Waals surface area contributed by atoms with Crippen molar-refractivity contribution in [3.05, 3.63) is 132 Å². The van der Waals surface area contributed by atoms with Crippen LogP contribution in [0.2, 0.25) is 0 Å². The van der Waals surface area contributed by atoms with E-state index in [0.29, 0.717) is 12.5 Å². The van der Waals surface area contributed by atoms with E-state index in [1.807, 2.05) is 66.9 Å². The highest BCUT2D eigenvalue weighted by Crippen LogP contribution is 2.27. The number of aromatic nitrogens is 2. The Labute approximate surface area is 229 Å². The molecule has 198 valence electrons. The minimum absolute atomic E-state index is 0.0382. The molecule has 0 amide bonds. The molecule has 1 aromatic heterocycles. The molecule has 0 spiro atoms. The lowest BCUT2D eigenvalue weighted by atomic mass is 9.99. The monoisotopic (exact) mass is 519 g/mol. The van der Waals surface area contributed by atoms with Crippen LogP contribution in [0, 0.1) is 0 Å². The van der Waals surface area contributed by atoms with Crippen molar-refractivity contribution in [3.63, 3.8) is 0 Å². The van der Waals surface area contributed by atoms with E-state index in [-0.39, 0.29) is 11.8 Å². The molecule has 6 nitrogen and oxygen atoms in total. The molecule has 0 bridgehead atoms. The maximum absolute atomic E-state index is 13.2. The highest BCUT2D eigenvalue weighted by molar-refractivity contribution is 5.59. The van der Waals surface area contributed by atoms with Crippen molar-refractivity contribution in [2.24, 2.45) is 0 Å². The van der Waals surface area contributed by atoms with Crippen molar-refractivity contribution >= 4 is 5.70 Å². The number of likely N-dealkylation sites (tertiary alicyclic amines) is 1. The Kier molecular flexibility index (Phi) is 7.56. The van der Waals surface area contributed by atoms with Crippen molar-refractivity contribution in [2.75, 3.05) is 26.2 Å². The van der Waals surface area contributed by atoms with Crippen LogP contribution in [0.1, 0.15) is 24.3 Å². The summed E-state index contributed by atoms with van der Waals surface area (Å²) >= 11 is 0. The zero-order valence-corrected chi connectivity index (χ0v) is 21.9. The summed E-state index contributed by atoms with van der Waals surface area (Å²) in [6.45, 7) is 3.87. The number of para-hydroxylation sites is 1. The number of benzene rings is 3. The average molecular weight is 520 g/mol. The second-order valence-electron chi connectivity index (χ2n) is 10.1. The third kappa shape index (κ3) is 5.98. The molecule has 4 aromatic rings. The van der Waals surface area contributed by atoms with Crippen LogP contribution in [-0.4, -0.2) is 46.4 Å². The minimum atomic E-state index is -0.107. The lowest BCUT2D eigenvalue weighted by Gasteiger charge is -2.20. The van der Waals surface area contributed by atoms with Gasteiger partial charge in [-0.15, -0.1) is 0 Å². The van der Waals surface area contributed by atoms with Crippen molar-refractivity contribution in [2.45, 2.75) is 24.9 Å². The number of allylic oxidation sites excluding steroid dienone is 2. The van der Waals surface area contributed by atoms with Crippen LogP contribution in [0.25, 0.3) is 11.4 Å². The number of imidazole rings is 1. The molecule has 2 heterocycles. The summed E-state index contributed by atoms with van der Waals surface area (Å²) in [6, 6.07) is 28.0. The fraction of sp³-hybridized carbons (Fsp3) is 0.242. The molecule has 6 rings (SSSR count). The fourth-order valence-corrected chi connectivity index (χ4v) is 5.33. The quantitative estimate of drug-likeness (QED) is 0.268. The molecule has 2 unspecified atom stereocenters. The number of nitrogens with zero attached hydrogens (tertiary/aromatic N) is 3. The summed E-state index contributed by atoms with van der Waals surface area (Å²) in [7, 11) is 0. The van der Waals surface area contributed by atoms with E-state index in [1.54, 1.807) is 15.3 Å². The van der Waals surface area contributed by atoms with Crippen molar-refractivity contribution < 1.29 is 9.47 Å². The first-order valence-electron chi connectivity index (χ1n) is 13.6. The smallest absolute Gasteiger partial charge is 0.337 e. The van der Waals surface area contributed by atoms with Gasteiger partial charge >= 0.3 is 5.69 Å². The van der Waals surface area contributed by atoms with Gasteiger partial charge in [0.2, 0.25) is 0 Å². The van der Waals surface area contributed by atoms with Crippen LogP contribution in [-0.2, 0) is 4.74 Å². The van der Waals surface area contributed by atoms with Crippen molar-refractivity contribution in [1.29, 1.82) is 0 Å². The van der Waals surface area contributed by atoms with Crippen LogP contribution in [0.5, 0.6) is 11.5 Å². The van der Waals surface area contributed by atoms with Gasteiger partial charge < -0.3 is 14.4 Å². The topological polar surface area (TPSA) is 48.6 Å². The summed E-state index contributed by atoms with van der Waals surface area (Å²) in [5.41, 5.74) is 2.99. The fourth-order valence-electron chi connectivity index (χ4n) is 5.33. The largest absolute Gasteiger partial charge is 0.457 e. The predicted molar refractivity (Wildman–Crippen MR) is 155 cm³/mol.